The first-order valence-corrected chi connectivity index (χ1v) is 7.97. The molecular formula is C15H15FN2O4S. The monoisotopic (exact) mass is 338 g/mol. The second-order valence-corrected chi connectivity index (χ2v) is 6.08. The van der Waals surface area contributed by atoms with E-state index < -0.39 is 10.0 Å². The Hall–Kier alpha value is -2.61. The van der Waals surface area contributed by atoms with Gasteiger partial charge in [0.25, 0.3) is 10.0 Å². The standard InChI is InChI=1S/C15H15FN2O4S/c1-21-14-8-7-13(9-15(14)22-2)23(19,20)18-17-10-11-3-5-12(16)6-4-11/h3-10,18H,1-2H3/b17-10+. The first-order valence-electron chi connectivity index (χ1n) is 6.49. The van der Waals surface area contributed by atoms with E-state index in [9.17, 15) is 12.8 Å². The van der Waals surface area contributed by atoms with Crippen LogP contribution in [0.15, 0.2) is 52.5 Å². The van der Waals surface area contributed by atoms with Crippen LogP contribution in [0.2, 0.25) is 0 Å². The molecule has 0 amide bonds. The number of methoxy groups -OCH3 is 2. The fraction of sp³-hybridized carbons (Fsp3) is 0.133. The van der Waals surface area contributed by atoms with Gasteiger partial charge in [0, 0.05) is 6.07 Å². The van der Waals surface area contributed by atoms with Gasteiger partial charge in [0.15, 0.2) is 11.5 Å². The molecule has 0 aromatic heterocycles. The Morgan fingerprint density at radius 1 is 1.04 bits per heavy atom. The molecule has 0 bridgehead atoms. The van der Waals surface area contributed by atoms with Gasteiger partial charge >= 0.3 is 0 Å². The Morgan fingerprint density at radius 3 is 2.30 bits per heavy atom. The van der Waals surface area contributed by atoms with Crippen molar-refractivity contribution in [3.63, 3.8) is 0 Å². The van der Waals surface area contributed by atoms with Gasteiger partial charge in [0.05, 0.1) is 25.3 Å². The van der Waals surface area contributed by atoms with E-state index in [0.29, 0.717) is 11.3 Å². The van der Waals surface area contributed by atoms with Crippen molar-refractivity contribution in [2.45, 2.75) is 4.90 Å². The van der Waals surface area contributed by atoms with Crippen LogP contribution in [-0.2, 0) is 10.0 Å². The van der Waals surface area contributed by atoms with Gasteiger partial charge in [-0.15, -0.1) is 0 Å². The summed E-state index contributed by atoms with van der Waals surface area (Å²) >= 11 is 0. The molecule has 0 aliphatic heterocycles. The molecule has 0 saturated heterocycles. The molecule has 1 N–H and O–H groups in total. The van der Waals surface area contributed by atoms with Crippen molar-refractivity contribution < 1.29 is 22.3 Å². The quantitative estimate of drug-likeness (QED) is 0.647. The van der Waals surface area contributed by atoms with E-state index in [4.69, 9.17) is 9.47 Å². The minimum atomic E-state index is -3.85. The Morgan fingerprint density at radius 2 is 1.70 bits per heavy atom. The first-order chi connectivity index (χ1) is 11.0. The number of hydrazone groups is 1. The molecule has 23 heavy (non-hydrogen) atoms. The summed E-state index contributed by atoms with van der Waals surface area (Å²) in [7, 11) is -0.987. The Balaban J connectivity index is 2.17. The van der Waals surface area contributed by atoms with Crippen LogP contribution in [-0.4, -0.2) is 28.9 Å². The summed E-state index contributed by atoms with van der Waals surface area (Å²) in [5, 5.41) is 3.66. The molecule has 122 valence electrons. The molecule has 0 unspecified atom stereocenters. The van der Waals surface area contributed by atoms with E-state index >= 15 is 0 Å². The SMILES string of the molecule is COc1ccc(S(=O)(=O)N/N=C/c2ccc(F)cc2)cc1OC. The molecule has 2 aromatic rings. The zero-order valence-electron chi connectivity index (χ0n) is 12.5. The fourth-order valence-electron chi connectivity index (χ4n) is 1.76. The lowest BCUT2D eigenvalue weighted by atomic mass is 10.2. The molecule has 0 atom stereocenters. The molecule has 2 aromatic carbocycles. The second-order valence-electron chi connectivity index (χ2n) is 4.42. The predicted octanol–water partition coefficient (Wildman–Crippen LogP) is 2.16. The highest BCUT2D eigenvalue weighted by molar-refractivity contribution is 7.89. The highest BCUT2D eigenvalue weighted by Gasteiger charge is 2.16. The summed E-state index contributed by atoms with van der Waals surface area (Å²) in [5.41, 5.74) is 0.557. The van der Waals surface area contributed by atoms with E-state index in [1.165, 1.54) is 62.9 Å². The molecular weight excluding hydrogens is 323 g/mol. The summed E-state index contributed by atoms with van der Waals surface area (Å²) in [6, 6.07) is 9.64. The van der Waals surface area contributed by atoms with Gasteiger partial charge in [-0.05, 0) is 29.8 Å². The number of hydrogen-bond donors (Lipinski definition) is 1. The van der Waals surface area contributed by atoms with Crippen molar-refractivity contribution in [2.75, 3.05) is 14.2 Å². The minimum absolute atomic E-state index is 0.0218. The lowest BCUT2D eigenvalue weighted by Gasteiger charge is -2.09. The first kappa shape index (κ1) is 16.8. The molecule has 0 fully saturated rings. The molecule has 0 aliphatic rings. The average Bonchev–Trinajstić information content (AvgIpc) is 2.55. The van der Waals surface area contributed by atoms with E-state index in [0.717, 1.165) is 0 Å². The van der Waals surface area contributed by atoms with E-state index in [-0.39, 0.29) is 16.5 Å². The van der Waals surface area contributed by atoms with Gasteiger partial charge in [0.1, 0.15) is 5.82 Å². The van der Waals surface area contributed by atoms with Crippen molar-refractivity contribution in [2.24, 2.45) is 5.10 Å². The normalized spacial score (nSPS) is 11.4. The van der Waals surface area contributed by atoms with Crippen LogP contribution in [0.5, 0.6) is 11.5 Å². The highest BCUT2D eigenvalue weighted by Crippen LogP contribution is 2.29. The molecule has 0 heterocycles. The second kappa shape index (κ2) is 7.10. The number of sulfonamides is 1. The van der Waals surface area contributed by atoms with Gasteiger partial charge in [-0.2, -0.15) is 13.5 Å². The maximum absolute atomic E-state index is 12.8. The van der Waals surface area contributed by atoms with Gasteiger partial charge < -0.3 is 9.47 Å². The van der Waals surface area contributed by atoms with Crippen molar-refractivity contribution >= 4 is 16.2 Å². The lowest BCUT2D eigenvalue weighted by Crippen LogP contribution is -2.18. The molecule has 0 aliphatic carbocycles. The summed E-state index contributed by atoms with van der Waals surface area (Å²) in [5.74, 6) is 0.326. The molecule has 0 radical (unpaired) electrons. The van der Waals surface area contributed by atoms with Crippen LogP contribution in [0, 0.1) is 5.82 Å². The van der Waals surface area contributed by atoms with E-state index in [1.807, 2.05) is 0 Å². The third kappa shape index (κ3) is 4.19. The number of hydrogen-bond acceptors (Lipinski definition) is 5. The average molecular weight is 338 g/mol. The molecule has 8 heteroatoms. The van der Waals surface area contributed by atoms with Crippen molar-refractivity contribution in [1.29, 1.82) is 0 Å². The highest BCUT2D eigenvalue weighted by atomic mass is 32.2. The largest absolute Gasteiger partial charge is 0.493 e. The van der Waals surface area contributed by atoms with Crippen LogP contribution >= 0.6 is 0 Å². The number of nitrogens with one attached hydrogen (secondary N) is 1. The number of benzene rings is 2. The van der Waals surface area contributed by atoms with E-state index in [2.05, 4.69) is 9.93 Å². The Kier molecular flexibility index (Phi) is 5.17. The number of rotatable bonds is 6. The maximum atomic E-state index is 12.8. The fourth-order valence-corrected chi connectivity index (χ4v) is 2.56. The van der Waals surface area contributed by atoms with Crippen molar-refractivity contribution in [1.82, 2.24) is 4.83 Å². The Labute approximate surface area is 133 Å². The van der Waals surface area contributed by atoms with Crippen molar-refractivity contribution in [3.05, 3.63) is 53.8 Å². The minimum Gasteiger partial charge on any atom is -0.493 e. The molecule has 6 nitrogen and oxygen atoms in total. The Bertz CT molecular complexity index is 805. The smallest absolute Gasteiger partial charge is 0.276 e. The maximum Gasteiger partial charge on any atom is 0.276 e. The summed E-state index contributed by atoms with van der Waals surface area (Å²) < 4.78 is 47.2. The molecule has 0 saturated carbocycles. The summed E-state index contributed by atoms with van der Waals surface area (Å²) in [6.07, 6.45) is 1.28. The topological polar surface area (TPSA) is 77.0 Å². The lowest BCUT2D eigenvalue weighted by molar-refractivity contribution is 0.354. The van der Waals surface area contributed by atoms with Gasteiger partial charge in [-0.3, -0.25) is 0 Å². The zero-order chi connectivity index (χ0) is 16.9. The van der Waals surface area contributed by atoms with Crippen LogP contribution in [0.25, 0.3) is 0 Å². The van der Waals surface area contributed by atoms with Crippen LogP contribution < -0.4 is 14.3 Å². The van der Waals surface area contributed by atoms with Gasteiger partial charge in [-0.25, -0.2) is 9.22 Å². The van der Waals surface area contributed by atoms with E-state index in [1.54, 1.807) is 0 Å². The summed E-state index contributed by atoms with van der Waals surface area (Å²) in [6.45, 7) is 0. The van der Waals surface area contributed by atoms with Crippen molar-refractivity contribution in [3.8, 4) is 11.5 Å². The zero-order valence-corrected chi connectivity index (χ0v) is 13.3. The van der Waals surface area contributed by atoms with Gasteiger partial charge in [0.2, 0.25) is 0 Å². The number of ether oxygens (including phenoxy) is 2. The van der Waals surface area contributed by atoms with Crippen LogP contribution in [0.1, 0.15) is 5.56 Å². The van der Waals surface area contributed by atoms with Gasteiger partial charge in [-0.1, -0.05) is 12.1 Å². The molecule has 0 spiro atoms. The number of halogens is 1. The van der Waals surface area contributed by atoms with Crippen LogP contribution in [0.4, 0.5) is 4.39 Å². The molecule has 2 rings (SSSR count). The third-order valence-electron chi connectivity index (χ3n) is 2.92. The van der Waals surface area contributed by atoms with Crippen LogP contribution in [0.3, 0.4) is 0 Å². The number of nitrogens with zero attached hydrogens (tertiary/aromatic N) is 1. The third-order valence-corrected chi connectivity index (χ3v) is 4.14. The predicted molar refractivity (Wildman–Crippen MR) is 83.9 cm³/mol. The summed E-state index contributed by atoms with van der Waals surface area (Å²) in [4.78, 5) is 2.06.